The van der Waals surface area contributed by atoms with E-state index in [0.29, 0.717) is 37.3 Å². The molecule has 0 bridgehead atoms. The summed E-state index contributed by atoms with van der Waals surface area (Å²) in [5, 5.41) is 5.86. The Morgan fingerprint density at radius 1 is 0.871 bits per heavy atom. The fraction of sp³-hybridized carbons (Fsp3) is 0.391. The summed E-state index contributed by atoms with van der Waals surface area (Å²) in [6.07, 6.45) is 2.80. The molecule has 0 atom stereocenters. The van der Waals surface area contributed by atoms with E-state index in [1.165, 1.54) is 4.31 Å². The van der Waals surface area contributed by atoms with Crippen molar-refractivity contribution in [2.45, 2.75) is 37.5 Å². The Hall–Kier alpha value is -2.71. The number of piperidine rings is 1. The Kier molecular flexibility index (Phi) is 6.11. The molecule has 0 radical (unpaired) electrons. The molecule has 2 aliphatic rings. The van der Waals surface area contributed by atoms with Crippen LogP contribution in [0.2, 0.25) is 0 Å². The number of rotatable bonds is 6. The highest BCUT2D eigenvalue weighted by Gasteiger charge is 2.32. The molecular formula is C23H27N3O4S. The number of aryl methyl sites for hydroxylation is 1. The summed E-state index contributed by atoms with van der Waals surface area (Å²) in [6, 6.07) is 13.9. The molecule has 1 saturated heterocycles. The van der Waals surface area contributed by atoms with Crippen LogP contribution in [0.5, 0.6) is 0 Å². The maximum atomic E-state index is 12.8. The zero-order chi connectivity index (χ0) is 22.0. The van der Waals surface area contributed by atoms with Gasteiger partial charge in [-0.3, -0.25) is 9.59 Å². The van der Waals surface area contributed by atoms with Gasteiger partial charge in [-0.1, -0.05) is 24.3 Å². The zero-order valence-corrected chi connectivity index (χ0v) is 18.3. The van der Waals surface area contributed by atoms with Gasteiger partial charge in [-0.25, -0.2) is 8.42 Å². The highest BCUT2D eigenvalue weighted by atomic mass is 32.2. The van der Waals surface area contributed by atoms with Crippen LogP contribution in [-0.2, 0) is 19.6 Å². The Morgan fingerprint density at radius 3 is 2.13 bits per heavy atom. The normalized spacial score (nSPS) is 17.8. The van der Waals surface area contributed by atoms with E-state index in [-0.39, 0.29) is 28.5 Å². The van der Waals surface area contributed by atoms with Gasteiger partial charge in [-0.15, -0.1) is 0 Å². The quantitative estimate of drug-likeness (QED) is 0.718. The van der Waals surface area contributed by atoms with Crippen molar-refractivity contribution >= 4 is 33.2 Å². The summed E-state index contributed by atoms with van der Waals surface area (Å²) in [4.78, 5) is 25.1. The maximum Gasteiger partial charge on any atom is 0.243 e. The molecule has 1 aliphatic carbocycles. The van der Waals surface area contributed by atoms with Gasteiger partial charge < -0.3 is 10.6 Å². The van der Waals surface area contributed by atoms with Crippen molar-refractivity contribution in [2.75, 3.05) is 23.7 Å². The van der Waals surface area contributed by atoms with E-state index in [9.17, 15) is 18.0 Å². The molecule has 1 aliphatic heterocycles. The second-order valence-corrected chi connectivity index (χ2v) is 10.2. The molecule has 0 unspecified atom stereocenters. The van der Waals surface area contributed by atoms with E-state index < -0.39 is 10.0 Å². The van der Waals surface area contributed by atoms with E-state index in [2.05, 4.69) is 10.6 Å². The van der Waals surface area contributed by atoms with Gasteiger partial charge in [0.1, 0.15) is 0 Å². The summed E-state index contributed by atoms with van der Waals surface area (Å²) < 4.78 is 27.0. The number of nitrogens with one attached hydrogen (secondary N) is 2. The molecule has 2 fully saturated rings. The first-order valence-electron chi connectivity index (χ1n) is 10.6. The fourth-order valence-electron chi connectivity index (χ4n) is 3.76. The van der Waals surface area contributed by atoms with Crippen LogP contribution < -0.4 is 10.6 Å². The fourth-order valence-corrected chi connectivity index (χ4v) is 5.25. The third kappa shape index (κ3) is 4.97. The van der Waals surface area contributed by atoms with Crippen molar-refractivity contribution < 1.29 is 18.0 Å². The Bertz CT molecular complexity index is 1070. The summed E-state index contributed by atoms with van der Waals surface area (Å²) >= 11 is 0. The van der Waals surface area contributed by atoms with Crippen molar-refractivity contribution in [3.8, 4) is 0 Å². The average molecular weight is 442 g/mol. The third-order valence-electron chi connectivity index (χ3n) is 5.92. The lowest BCUT2D eigenvalue weighted by atomic mass is 9.97. The first-order chi connectivity index (χ1) is 14.8. The number of hydrogen-bond donors (Lipinski definition) is 2. The van der Waals surface area contributed by atoms with E-state index in [1.807, 2.05) is 19.1 Å². The number of nitrogens with zero attached hydrogens (tertiary/aromatic N) is 1. The van der Waals surface area contributed by atoms with Crippen molar-refractivity contribution in [1.29, 1.82) is 0 Å². The largest absolute Gasteiger partial charge is 0.326 e. The van der Waals surface area contributed by atoms with E-state index in [4.69, 9.17) is 0 Å². The first-order valence-corrected chi connectivity index (χ1v) is 12.1. The summed E-state index contributed by atoms with van der Waals surface area (Å²) in [7, 11) is -3.53. The Morgan fingerprint density at radius 2 is 1.48 bits per heavy atom. The van der Waals surface area contributed by atoms with Crippen LogP contribution in [0.15, 0.2) is 53.4 Å². The molecule has 164 valence electrons. The van der Waals surface area contributed by atoms with Crippen LogP contribution in [-0.4, -0.2) is 37.6 Å². The summed E-state index contributed by atoms with van der Waals surface area (Å²) in [6.45, 7) is 2.52. The van der Waals surface area contributed by atoms with Crippen molar-refractivity contribution in [1.82, 2.24) is 4.31 Å². The van der Waals surface area contributed by atoms with Crippen LogP contribution in [0.1, 0.15) is 31.2 Å². The van der Waals surface area contributed by atoms with Crippen molar-refractivity contribution in [3.05, 3.63) is 54.1 Å². The third-order valence-corrected chi connectivity index (χ3v) is 7.83. The Balaban J connectivity index is 1.36. The van der Waals surface area contributed by atoms with Crippen molar-refractivity contribution in [3.63, 3.8) is 0 Å². The van der Waals surface area contributed by atoms with Crippen molar-refractivity contribution in [2.24, 2.45) is 11.8 Å². The molecule has 2 amide bonds. The molecule has 0 aromatic heterocycles. The highest BCUT2D eigenvalue weighted by molar-refractivity contribution is 7.89. The molecule has 4 rings (SSSR count). The van der Waals surface area contributed by atoms with Gasteiger partial charge in [0.25, 0.3) is 0 Å². The highest BCUT2D eigenvalue weighted by Crippen LogP contribution is 2.31. The number of carbonyl (C=O) groups is 2. The summed E-state index contributed by atoms with van der Waals surface area (Å²) in [5.74, 6) is -0.248. The molecule has 2 N–H and O–H groups in total. The first kappa shape index (κ1) is 21.5. The molecule has 2 aromatic carbocycles. The average Bonchev–Trinajstić information content (AvgIpc) is 3.62. The molecule has 0 spiro atoms. The predicted octanol–water partition coefficient (Wildman–Crippen LogP) is 3.38. The molecule has 2 aromatic rings. The standard InChI is InChI=1S/C23H27N3O4S/c1-16-7-10-19(24-22(27)17-8-9-17)15-21(16)25-23(28)18-11-13-26(14-12-18)31(29,30)20-5-3-2-4-6-20/h2-7,10,15,17-18H,8-9,11-14H2,1H3,(H,24,27)(H,25,28). The van der Waals surface area contributed by atoms with Crippen LogP contribution >= 0.6 is 0 Å². The minimum absolute atomic E-state index is 0.0214. The minimum Gasteiger partial charge on any atom is -0.326 e. The predicted molar refractivity (Wildman–Crippen MR) is 119 cm³/mol. The Labute approximate surface area is 182 Å². The number of anilines is 2. The molecule has 8 heteroatoms. The lowest BCUT2D eigenvalue weighted by molar-refractivity contribution is -0.121. The zero-order valence-electron chi connectivity index (χ0n) is 17.5. The van der Waals surface area contributed by atoms with Crippen LogP contribution in [0.4, 0.5) is 11.4 Å². The summed E-state index contributed by atoms with van der Waals surface area (Å²) in [5.41, 5.74) is 2.24. The second-order valence-electron chi connectivity index (χ2n) is 8.27. The SMILES string of the molecule is Cc1ccc(NC(=O)C2CC2)cc1NC(=O)C1CCN(S(=O)(=O)c2ccccc2)CC1. The number of amides is 2. The topological polar surface area (TPSA) is 95.6 Å². The molecule has 1 saturated carbocycles. The molecule has 7 nitrogen and oxygen atoms in total. The van der Waals surface area contributed by atoms with Gasteiger partial charge in [0.05, 0.1) is 4.90 Å². The second kappa shape index (κ2) is 8.80. The number of carbonyl (C=O) groups excluding carboxylic acids is 2. The number of benzene rings is 2. The minimum atomic E-state index is -3.53. The van der Waals surface area contributed by atoms with Gasteiger partial charge in [0.2, 0.25) is 21.8 Å². The van der Waals surface area contributed by atoms with Crippen LogP contribution in [0, 0.1) is 18.8 Å². The van der Waals surface area contributed by atoms with Gasteiger partial charge in [0, 0.05) is 36.3 Å². The number of hydrogen-bond acceptors (Lipinski definition) is 4. The number of sulfonamides is 1. The van der Waals surface area contributed by atoms with E-state index in [0.717, 1.165) is 18.4 Å². The monoisotopic (exact) mass is 441 g/mol. The maximum absolute atomic E-state index is 12.8. The van der Waals surface area contributed by atoms with E-state index >= 15 is 0 Å². The lowest BCUT2D eigenvalue weighted by Crippen LogP contribution is -2.41. The smallest absolute Gasteiger partial charge is 0.243 e. The van der Waals surface area contributed by atoms with Gasteiger partial charge in [-0.05, 0) is 62.4 Å². The van der Waals surface area contributed by atoms with Crippen LogP contribution in [0.3, 0.4) is 0 Å². The van der Waals surface area contributed by atoms with E-state index in [1.54, 1.807) is 36.4 Å². The van der Waals surface area contributed by atoms with Crippen LogP contribution in [0.25, 0.3) is 0 Å². The molecule has 1 heterocycles. The molecular weight excluding hydrogens is 414 g/mol. The van der Waals surface area contributed by atoms with Gasteiger partial charge in [-0.2, -0.15) is 4.31 Å². The van der Waals surface area contributed by atoms with Gasteiger partial charge >= 0.3 is 0 Å². The molecule has 31 heavy (non-hydrogen) atoms. The lowest BCUT2D eigenvalue weighted by Gasteiger charge is -2.30. The van der Waals surface area contributed by atoms with Gasteiger partial charge in [0.15, 0.2) is 0 Å².